The van der Waals surface area contributed by atoms with E-state index < -0.39 is 43.2 Å². The van der Waals surface area contributed by atoms with Crippen molar-refractivity contribution in [3.8, 4) is 11.4 Å². The van der Waals surface area contributed by atoms with Crippen LogP contribution in [0.1, 0.15) is 21.5 Å². The van der Waals surface area contributed by atoms with Crippen molar-refractivity contribution in [2.24, 2.45) is 0 Å². The molecule has 5 rings (SSSR count). The van der Waals surface area contributed by atoms with E-state index in [1.807, 2.05) is 31.2 Å². The highest BCUT2D eigenvalue weighted by molar-refractivity contribution is 5.85. The van der Waals surface area contributed by atoms with Gasteiger partial charge in [-0.05, 0) is 18.6 Å². The second-order valence-corrected chi connectivity index (χ2v) is 8.37. The fraction of sp³-hybridized carbons (Fsp3) is 0.292. The van der Waals surface area contributed by atoms with E-state index in [1.54, 1.807) is 5.32 Å². The third-order valence-electron chi connectivity index (χ3n) is 5.82. The van der Waals surface area contributed by atoms with E-state index in [1.165, 1.54) is 23.2 Å². The summed E-state index contributed by atoms with van der Waals surface area (Å²) in [5.74, 6) is -1.33. The van der Waals surface area contributed by atoms with E-state index >= 15 is 0 Å². The number of nitrogens with one attached hydrogen (secondary N) is 2. The Kier molecular flexibility index (Phi) is 5.37. The van der Waals surface area contributed by atoms with Gasteiger partial charge in [0.05, 0.1) is 12.5 Å². The van der Waals surface area contributed by atoms with Crippen LogP contribution < -0.4 is 10.6 Å². The molecule has 186 valence electrons. The van der Waals surface area contributed by atoms with Crippen molar-refractivity contribution in [1.29, 1.82) is 0 Å². The molecule has 11 nitrogen and oxygen atoms in total. The van der Waals surface area contributed by atoms with Crippen LogP contribution in [0.15, 0.2) is 49.1 Å². The summed E-state index contributed by atoms with van der Waals surface area (Å²) in [4.78, 5) is 29.6. The van der Waals surface area contributed by atoms with Gasteiger partial charge in [0.15, 0.2) is 35.1 Å². The Labute approximate surface area is 209 Å². The number of carbonyl (C=O) groups excluding carboxylic acids is 1. The third kappa shape index (κ3) is 4.37. The molecule has 1 aromatic carbocycles. The van der Waals surface area contributed by atoms with Gasteiger partial charge in [-0.3, -0.25) is 14.3 Å². The lowest BCUT2D eigenvalue weighted by atomic mass is 10.1. The van der Waals surface area contributed by atoms with Crippen LogP contribution in [0.25, 0.3) is 22.6 Å². The first-order valence-electron chi connectivity index (χ1n) is 12.5. The fourth-order valence-electron chi connectivity index (χ4n) is 4.07. The molecule has 1 aliphatic heterocycles. The molecule has 0 aliphatic carbocycles. The van der Waals surface area contributed by atoms with Crippen molar-refractivity contribution < 1.29 is 28.2 Å². The number of aryl methyl sites for hydroxylation is 1. The molecule has 0 bridgehead atoms. The summed E-state index contributed by atoms with van der Waals surface area (Å²) in [5, 5.41) is 26.2. The van der Waals surface area contributed by atoms with E-state index in [0.717, 1.165) is 17.3 Å². The van der Waals surface area contributed by atoms with Crippen LogP contribution in [0.3, 0.4) is 0 Å². The number of ether oxygens (including phenoxy) is 1. The van der Waals surface area contributed by atoms with E-state index in [4.69, 9.17) is 8.85 Å². The predicted octanol–water partition coefficient (Wildman–Crippen LogP) is 1.31. The molecule has 1 saturated heterocycles. The van der Waals surface area contributed by atoms with Crippen molar-refractivity contribution >= 4 is 22.9 Å². The summed E-state index contributed by atoms with van der Waals surface area (Å²) < 4.78 is 42.5. The minimum atomic E-state index is -2.82. The van der Waals surface area contributed by atoms with Gasteiger partial charge in [-0.25, -0.2) is 19.3 Å². The molecule has 4 aromatic rings. The first-order chi connectivity index (χ1) is 18.5. The highest BCUT2D eigenvalue weighted by atomic mass is 19.1. The van der Waals surface area contributed by atoms with Crippen LogP contribution in [0.2, 0.25) is 0 Å². The van der Waals surface area contributed by atoms with E-state index in [9.17, 15) is 19.4 Å². The zero-order valence-electron chi connectivity index (χ0n) is 22.0. The average Bonchev–Trinajstić information content (AvgIpc) is 3.42. The largest absolute Gasteiger partial charge is 0.387 e. The van der Waals surface area contributed by atoms with Gasteiger partial charge in [0.25, 0.3) is 5.91 Å². The highest BCUT2D eigenvalue weighted by Crippen LogP contribution is 2.33. The van der Waals surface area contributed by atoms with Crippen molar-refractivity contribution in [1.82, 2.24) is 29.8 Å². The minimum Gasteiger partial charge on any atom is -0.387 e. The molecule has 36 heavy (non-hydrogen) atoms. The number of anilines is 1. The summed E-state index contributed by atoms with van der Waals surface area (Å²) >= 11 is 0. The molecule has 4 atom stereocenters. The Hall–Kier alpha value is -4.00. The van der Waals surface area contributed by atoms with Gasteiger partial charge in [0.1, 0.15) is 18.0 Å². The lowest BCUT2D eigenvalue weighted by molar-refractivity contribution is -0.137. The lowest BCUT2D eigenvalue weighted by Crippen LogP contribution is -2.41. The molecule has 12 heteroatoms. The van der Waals surface area contributed by atoms with Crippen LogP contribution in [0.4, 0.5) is 10.2 Å². The second kappa shape index (κ2) is 9.57. The molecule has 1 fully saturated rings. The minimum absolute atomic E-state index is 0.0905. The molecule has 1 aliphatic rings. The quantitative estimate of drug-likeness (QED) is 0.310. The normalized spacial score (nSPS) is 23.2. The predicted molar refractivity (Wildman–Crippen MR) is 127 cm³/mol. The smallest absolute Gasteiger partial charge is 0.251 e. The highest BCUT2D eigenvalue weighted by Gasteiger charge is 2.47. The van der Waals surface area contributed by atoms with Crippen molar-refractivity contribution in [2.75, 3.05) is 12.3 Å². The first-order valence-corrected chi connectivity index (χ1v) is 11.0. The Morgan fingerprint density at radius 3 is 2.89 bits per heavy atom. The monoisotopic (exact) mass is 496 g/mol. The average molecular weight is 497 g/mol. The molecule has 3 aromatic heterocycles. The number of nitrogens with zero attached hydrogens (tertiary/aromatic N) is 5. The van der Waals surface area contributed by atoms with Crippen LogP contribution >= 0.6 is 0 Å². The van der Waals surface area contributed by atoms with E-state index in [0.29, 0.717) is 12.4 Å². The van der Waals surface area contributed by atoms with Crippen molar-refractivity contribution in [3.63, 3.8) is 0 Å². The maximum atomic E-state index is 14.0. The van der Waals surface area contributed by atoms with Crippen LogP contribution in [0.5, 0.6) is 0 Å². The summed E-state index contributed by atoms with van der Waals surface area (Å²) in [6.07, 6.45) is -2.68. The van der Waals surface area contributed by atoms with Gasteiger partial charge in [0, 0.05) is 29.4 Å². The number of hydrogen-bond acceptors (Lipinski definition) is 9. The number of aliphatic hydroxyl groups is 2. The van der Waals surface area contributed by atoms with Gasteiger partial charge in [0.2, 0.25) is 0 Å². The molecular formula is C24H24FN7O4. The lowest BCUT2D eigenvalue weighted by Gasteiger charge is -2.17. The molecule has 0 unspecified atom stereocenters. The number of benzene rings is 1. The van der Waals surface area contributed by atoms with Crippen LogP contribution in [0, 0.1) is 12.7 Å². The number of rotatable bonds is 6. The van der Waals surface area contributed by atoms with Crippen molar-refractivity contribution in [2.45, 2.75) is 38.0 Å². The number of aromatic nitrogens is 5. The summed E-state index contributed by atoms with van der Waals surface area (Å²) in [7, 11) is 0. The third-order valence-corrected chi connectivity index (χ3v) is 5.82. The maximum Gasteiger partial charge on any atom is 0.251 e. The molecule has 4 N–H and O–H groups in total. The van der Waals surface area contributed by atoms with Gasteiger partial charge < -0.3 is 25.6 Å². The number of pyridine rings is 1. The second-order valence-electron chi connectivity index (χ2n) is 8.37. The Balaban J connectivity index is 1.54. The number of aliphatic hydroxyl groups excluding tert-OH is 2. The van der Waals surface area contributed by atoms with Crippen molar-refractivity contribution in [3.05, 3.63) is 66.0 Å². The number of likely N-dealkylation sites (N-methyl/N-ethyl adjacent to an activating group) is 1. The van der Waals surface area contributed by atoms with Gasteiger partial charge in [-0.15, -0.1) is 0 Å². The SMILES string of the molecule is [2H]C([2H])([2H])NC(=O)[C@H]1O[C@@H](n2cnc3c(NCc4cccc(C)c4)nc(-c4cncc(F)c4)nc32)[C@H](O)[C@@H]1O. The number of halogens is 1. The van der Waals surface area contributed by atoms with Gasteiger partial charge in [-0.1, -0.05) is 29.8 Å². The molecule has 0 spiro atoms. The Morgan fingerprint density at radius 1 is 1.25 bits per heavy atom. The standard InChI is InChI=1S/C24H24FN7O4/c1-12-4-3-5-13(6-12)8-28-21-16-22(31-20(30-21)14-7-15(25)10-27-9-14)32(11-29-16)24-18(34)17(33)19(36-24)23(35)26-2/h3-7,9-11,17-19,24,33-34H,8H2,1-2H3,(H,26,35)(H,28,30,31)/t17-,18+,19-,24+/m0/s1/i2D3. The molecule has 0 radical (unpaired) electrons. The fourth-order valence-corrected chi connectivity index (χ4v) is 4.07. The molecular weight excluding hydrogens is 469 g/mol. The van der Waals surface area contributed by atoms with Crippen LogP contribution in [-0.2, 0) is 16.1 Å². The zero-order chi connectivity index (χ0) is 27.9. The molecule has 4 heterocycles. The van der Waals surface area contributed by atoms with Crippen LogP contribution in [-0.4, -0.2) is 65.9 Å². The van der Waals surface area contributed by atoms with Gasteiger partial charge >= 0.3 is 0 Å². The summed E-state index contributed by atoms with van der Waals surface area (Å²) in [6, 6.07) is 9.03. The summed E-state index contributed by atoms with van der Waals surface area (Å²) in [6.45, 7) is -0.472. The van der Waals surface area contributed by atoms with Gasteiger partial charge in [-0.2, -0.15) is 0 Å². The first kappa shape index (κ1) is 20.2. The number of amides is 1. The zero-order valence-corrected chi connectivity index (χ0v) is 19.0. The molecule has 0 saturated carbocycles. The topological polar surface area (TPSA) is 147 Å². The Bertz CT molecular complexity index is 1530. The number of imidazole rings is 1. The van der Waals surface area contributed by atoms with E-state index in [-0.39, 0.29) is 22.6 Å². The molecule has 1 amide bonds. The number of fused-ring (bicyclic) bond motifs is 1. The number of hydrogen-bond donors (Lipinski definition) is 4. The van der Waals surface area contributed by atoms with E-state index in [2.05, 4.69) is 25.3 Å². The maximum absolute atomic E-state index is 14.0. The Morgan fingerprint density at radius 2 is 2.11 bits per heavy atom. The summed E-state index contributed by atoms with van der Waals surface area (Å²) in [5.41, 5.74) is 2.73. The number of carbonyl (C=O) groups is 1.